The van der Waals surface area contributed by atoms with Gasteiger partial charge in [0.2, 0.25) is 5.91 Å². The second-order valence-electron chi connectivity index (χ2n) is 8.33. The van der Waals surface area contributed by atoms with Crippen molar-refractivity contribution >= 4 is 12.0 Å². The highest BCUT2D eigenvalue weighted by Crippen LogP contribution is 2.42. The molecule has 1 amide bonds. The third kappa shape index (κ3) is 4.32. The fourth-order valence-corrected chi connectivity index (χ4v) is 4.98. The molecule has 0 radical (unpaired) electrons. The number of rotatable bonds is 5. The Bertz CT molecular complexity index is 866. The first-order valence-corrected chi connectivity index (χ1v) is 11.0. The minimum Gasteiger partial charge on any atom is -0.395 e. The molecule has 1 aromatic heterocycles. The van der Waals surface area contributed by atoms with Gasteiger partial charge in [-0.3, -0.25) is 14.7 Å². The quantitative estimate of drug-likeness (QED) is 0.831. The monoisotopic (exact) mass is 405 g/mol. The number of aliphatic hydroxyl groups excluding tert-OH is 1. The molecule has 3 heterocycles. The van der Waals surface area contributed by atoms with Gasteiger partial charge in [0.05, 0.1) is 13.0 Å². The van der Waals surface area contributed by atoms with Gasteiger partial charge in [-0.25, -0.2) is 0 Å². The standard InChI is InChI=1S/C25H31N3O2/c1-2-6-19-8-10-21(11-9-19)25-22-17-27(13-3-4-14-28(22)23(25)18-29)24(30)15-20-7-5-12-26-16-20/h2,5-12,16,22-23,25,29H,3-4,13-15,17-18H2,1H3/t22-,23-,25+/m0/s1. The number of hydrogen-bond acceptors (Lipinski definition) is 4. The number of allylic oxidation sites excluding steroid dienone is 1. The summed E-state index contributed by atoms with van der Waals surface area (Å²) in [6, 6.07) is 12.9. The minimum atomic E-state index is 0.135. The number of fused-ring (bicyclic) bond motifs is 1. The molecule has 3 atom stereocenters. The number of pyridine rings is 1. The van der Waals surface area contributed by atoms with Crippen LogP contribution < -0.4 is 0 Å². The zero-order valence-electron chi connectivity index (χ0n) is 17.7. The molecule has 2 aliphatic rings. The van der Waals surface area contributed by atoms with Crippen LogP contribution in [0.15, 0.2) is 54.9 Å². The van der Waals surface area contributed by atoms with E-state index in [0.717, 1.165) is 38.0 Å². The van der Waals surface area contributed by atoms with Crippen LogP contribution in [-0.2, 0) is 11.2 Å². The smallest absolute Gasteiger partial charge is 0.227 e. The molecule has 5 heteroatoms. The van der Waals surface area contributed by atoms with E-state index in [9.17, 15) is 9.90 Å². The molecule has 5 nitrogen and oxygen atoms in total. The van der Waals surface area contributed by atoms with E-state index in [1.807, 2.05) is 30.0 Å². The van der Waals surface area contributed by atoms with E-state index in [-0.39, 0.29) is 30.5 Å². The van der Waals surface area contributed by atoms with E-state index in [4.69, 9.17) is 0 Å². The van der Waals surface area contributed by atoms with Gasteiger partial charge < -0.3 is 10.0 Å². The molecule has 0 spiro atoms. The van der Waals surface area contributed by atoms with Crippen LogP contribution in [0, 0.1) is 0 Å². The van der Waals surface area contributed by atoms with Crippen LogP contribution in [-0.4, -0.2) is 64.1 Å². The Morgan fingerprint density at radius 1 is 1.20 bits per heavy atom. The Morgan fingerprint density at radius 2 is 2.00 bits per heavy atom. The molecule has 0 bridgehead atoms. The highest BCUT2D eigenvalue weighted by molar-refractivity contribution is 5.78. The van der Waals surface area contributed by atoms with Crippen LogP contribution in [0.25, 0.3) is 6.08 Å². The molecule has 30 heavy (non-hydrogen) atoms. The van der Waals surface area contributed by atoms with Gasteiger partial charge in [-0.05, 0) is 49.1 Å². The predicted molar refractivity (Wildman–Crippen MR) is 119 cm³/mol. The van der Waals surface area contributed by atoms with Gasteiger partial charge in [0.15, 0.2) is 0 Å². The molecule has 2 saturated heterocycles. The molecule has 0 aliphatic carbocycles. The Balaban J connectivity index is 1.52. The minimum absolute atomic E-state index is 0.135. The number of carbonyl (C=O) groups is 1. The van der Waals surface area contributed by atoms with Crippen LogP contribution in [0.4, 0.5) is 0 Å². The molecule has 2 aliphatic heterocycles. The van der Waals surface area contributed by atoms with E-state index < -0.39 is 0 Å². The van der Waals surface area contributed by atoms with Crippen LogP contribution >= 0.6 is 0 Å². The molecule has 1 aromatic carbocycles. The fourth-order valence-electron chi connectivity index (χ4n) is 4.98. The molecule has 0 unspecified atom stereocenters. The third-order valence-corrected chi connectivity index (χ3v) is 6.48. The summed E-state index contributed by atoms with van der Waals surface area (Å²) in [5, 5.41) is 10.1. The lowest BCUT2D eigenvalue weighted by molar-refractivity contribution is -0.135. The normalized spacial score (nSPS) is 24.7. The maximum Gasteiger partial charge on any atom is 0.227 e. The maximum absolute atomic E-state index is 13.0. The summed E-state index contributed by atoms with van der Waals surface area (Å²) in [6.07, 6.45) is 10.1. The van der Waals surface area contributed by atoms with Crippen molar-refractivity contribution in [2.45, 2.75) is 44.2 Å². The maximum atomic E-state index is 13.0. The Kier molecular flexibility index (Phi) is 6.60. The highest BCUT2D eigenvalue weighted by Gasteiger charge is 2.49. The van der Waals surface area contributed by atoms with Crippen molar-refractivity contribution < 1.29 is 9.90 Å². The molecular weight excluding hydrogens is 374 g/mol. The van der Waals surface area contributed by atoms with E-state index in [0.29, 0.717) is 6.42 Å². The summed E-state index contributed by atoms with van der Waals surface area (Å²) >= 11 is 0. The van der Waals surface area contributed by atoms with Crippen LogP contribution in [0.3, 0.4) is 0 Å². The van der Waals surface area contributed by atoms with Crippen molar-refractivity contribution in [1.82, 2.24) is 14.8 Å². The molecular formula is C25H31N3O2. The lowest BCUT2D eigenvalue weighted by atomic mass is 9.74. The van der Waals surface area contributed by atoms with Crippen LogP contribution in [0.5, 0.6) is 0 Å². The topological polar surface area (TPSA) is 56.7 Å². The van der Waals surface area contributed by atoms with Crippen LogP contribution in [0.2, 0.25) is 0 Å². The van der Waals surface area contributed by atoms with Crippen molar-refractivity contribution in [3.8, 4) is 0 Å². The number of carbonyl (C=O) groups excluding carboxylic acids is 1. The van der Waals surface area contributed by atoms with E-state index in [2.05, 4.69) is 40.2 Å². The third-order valence-electron chi connectivity index (χ3n) is 6.48. The lowest BCUT2D eigenvalue weighted by Gasteiger charge is -2.57. The van der Waals surface area contributed by atoms with Crippen molar-refractivity contribution in [3.63, 3.8) is 0 Å². The predicted octanol–water partition coefficient (Wildman–Crippen LogP) is 3.11. The number of aromatic nitrogens is 1. The largest absolute Gasteiger partial charge is 0.395 e. The summed E-state index contributed by atoms with van der Waals surface area (Å²) in [6.45, 7) is 4.69. The van der Waals surface area contributed by atoms with Gasteiger partial charge >= 0.3 is 0 Å². The van der Waals surface area contributed by atoms with Crippen molar-refractivity contribution in [2.24, 2.45) is 0 Å². The van der Waals surface area contributed by atoms with E-state index in [1.165, 1.54) is 11.1 Å². The van der Waals surface area contributed by atoms with Gasteiger partial charge in [0, 0.05) is 43.5 Å². The van der Waals surface area contributed by atoms with Crippen molar-refractivity contribution in [1.29, 1.82) is 0 Å². The van der Waals surface area contributed by atoms with Gasteiger partial charge in [0.1, 0.15) is 0 Å². The summed E-state index contributed by atoms with van der Waals surface area (Å²) in [5.74, 6) is 0.418. The summed E-state index contributed by atoms with van der Waals surface area (Å²) in [5.41, 5.74) is 3.40. The van der Waals surface area contributed by atoms with Gasteiger partial charge in [-0.1, -0.05) is 42.5 Å². The average Bonchev–Trinajstić information content (AvgIpc) is 2.74. The molecule has 2 aromatic rings. The highest BCUT2D eigenvalue weighted by atomic mass is 16.3. The molecule has 0 saturated carbocycles. The SMILES string of the molecule is CC=Cc1ccc([C@H]2[C@H](CO)N3CCCCN(C(=O)Cc4cccnc4)C[C@@H]23)cc1. The summed E-state index contributed by atoms with van der Waals surface area (Å²) in [4.78, 5) is 21.6. The van der Waals surface area contributed by atoms with Gasteiger partial charge in [-0.2, -0.15) is 0 Å². The zero-order chi connectivity index (χ0) is 20.9. The zero-order valence-corrected chi connectivity index (χ0v) is 17.7. The Hall–Kier alpha value is -2.50. The number of nitrogens with zero attached hydrogens (tertiary/aromatic N) is 3. The van der Waals surface area contributed by atoms with E-state index >= 15 is 0 Å². The molecule has 158 valence electrons. The first kappa shape index (κ1) is 20.8. The second-order valence-corrected chi connectivity index (χ2v) is 8.33. The summed E-state index contributed by atoms with van der Waals surface area (Å²) < 4.78 is 0. The molecule has 2 fully saturated rings. The molecule has 4 rings (SSSR count). The lowest BCUT2D eigenvalue weighted by Crippen LogP contribution is -2.68. The van der Waals surface area contributed by atoms with Crippen molar-refractivity contribution in [2.75, 3.05) is 26.2 Å². The average molecular weight is 406 g/mol. The summed E-state index contributed by atoms with van der Waals surface area (Å²) in [7, 11) is 0. The molecule has 1 N–H and O–H groups in total. The number of benzene rings is 1. The second kappa shape index (κ2) is 9.54. The number of amides is 1. The first-order valence-electron chi connectivity index (χ1n) is 11.0. The number of hydrogen-bond donors (Lipinski definition) is 1. The van der Waals surface area contributed by atoms with E-state index in [1.54, 1.807) is 12.4 Å². The van der Waals surface area contributed by atoms with Crippen LogP contribution in [0.1, 0.15) is 42.4 Å². The number of aliphatic hydroxyl groups is 1. The van der Waals surface area contributed by atoms with Crippen molar-refractivity contribution in [3.05, 3.63) is 71.6 Å². The Morgan fingerprint density at radius 3 is 2.70 bits per heavy atom. The fraction of sp³-hybridized carbons (Fsp3) is 0.440. The first-order chi connectivity index (χ1) is 14.7. The Labute approximate surface area is 179 Å². The van der Waals surface area contributed by atoms with Gasteiger partial charge in [0.25, 0.3) is 0 Å². The van der Waals surface area contributed by atoms with Gasteiger partial charge in [-0.15, -0.1) is 0 Å².